The topological polar surface area (TPSA) is 69.2 Å². The van der Waals surface area contributed by atoms with E-state index in [4.69, 9.17) is 14.2 Å². The zero-order chi connectivity index (χ0) is 20.4. The van der Waals surface area contributed by atoms with Crippen LogP contribution in [0.25, 0.3) is 0 Å². The van der Waals surface area contributed by atoms with Crippen molar-refractivity contribution in [2.24, 2.45) is 5.10 Å². The van der Waals surface area contributed by atoms with Crippen LogP contribution in [0.1, 0.15) is 18.1 Å². The van der Waals surface area contributed by atoms with Gasteiger partial charge in [0.2, 0.25) is 5.91 Å². The molecule has 0 saturated heterocycles. The van der Waals surface area contributed by atoms with Gasteiger partial charge < -0.3 is 14.2 Å². The lowest BCUT2D eigenvalue weighted by Gasteiger charge is -2.12. The Hall–Kier alpha value is -2.80. The smallest absolute Gasteiger partial charge is 0.244 e. The molecule has 0 aliphatic rings. The van der Waals surface area contributed by atoms with Crippen molar-refractivity contribution in [2.45, 2.75) is 13.3 Å². The molecule has 0 aromatic heterocycles. The molecule has 0 saturated carbocycles. The standard InChI is InChI=1S/C21H23BrN2O4/c1-4-10-28-21-18(22)11-16(12-19(21)26-3)14-23-24-20(25)13-15-6-8-17(9-7-15)27-5-2/h4,6-9,11-12,14H,1,5,10,13H2,2-3H3,(H,24,25)/b23-14-. The molecule has 28 heavy (non-hydrogen) atoms. The van der Waals surface area contributed by atoms with Gasteiger partial charge in [-0.1, -0.05) is 24.8 Å². The summed E-state index contributed by atoms with van der Waals surface area (Å²) < 4.78 is 17.0. The number of hydrogen-bond acceptors (Lipinski definition) is 5. The molecule has 0 bridgehead atoms. The molecule has 1 amide bonds. The lowest BCUT2D eigenvalue weighted by molar-refractivity contribution is -0.120. The largest absolute Gasteiger partial charge is 0.494 e. The highest BCUT2D eigenvalue weighted by Crippen LogP contribution is 2.36. The summed E-state index contributed by atoms with van der Waals surface area (Å²) in [6.07, 6.45) is 3.42. The number of amides is 1. The van der Waals surface area contributed by atoms with Crippen molar-refractivity contribution in [1.29, 1.82) is 0 Å². The highest BCUT2D eigenvalue weighted by molar-refractivity contribution is 9.10. The second-order valence-electron chi connectivity index (χ2n) is 5.68. The molecule has 0 heterocycles. The zero-order valence-electron chi connectivity index (χ0n) is 15.9. The predicted molar refractivity (Wildman–Crippen MR) is 113 cm³/mol. The van der Waals surface area contributed by atoms with Crippen molar-refractivity contribution in [3.05, 3.63) is 64.7 Å². The summed E-state index contributed by atoms with van der Waals surface area (Å²) in [5.41, 5.74) is 4.15. The van der Waals surface area contributed by atoms with E-state index in [-0.39, 0.29) is 12.3 Å². The third kappa shape index (κ3) is 6.42. The van der Waals surface area contributed by atoms with Gasteiger partial charge in [-0.2, -0.15) is 5.10 Å². The Morgan fingerprint density at radius 3 is 2.64 bits per heavy atom. The number of benzene rings is 2. The van der Waals surface area contributed by atoms with Crippen LogP contribution in [0.15, 0.2) is 58.6 Å². The predicted octanol–water partition coefficient (Wildman–Crippen LogP) is 4.11. The third-order valence-corrected chi connectivity index (χ3v) is 4.19. The minimum absolute atomic E-state index is 0.211. The van der Waals surface area contributed by atoms with Crippen molar-refractivity contribution < 1.29 is 19.0 Å². The van der Waals surface area contributed by atoms with E-state index in [0.29, 0.717) is 24.7 Å². The molecule has 0 spiro atoms. The van der Waals surface area contributed by atoms with Crippen molar-refractivity contribution in [3.8, 4) is 17.2 Å². The molecule has 0 unspecified atom stereocenters. The van der Waals surface area contributed by atoms with Gasteiger partial charge in [0.15, 0.2) is 11.5 Å². The van der Waals surface area contributed by atoms with Crippen LogP contribution in [-0.2, 0) is 11.2 Å². The molecule has 0 fully saturated rings. The van der Waals surface area contributed by atoms with E-state index < -0.39 is 0 Å². The Morgan fingerprint density at radius 1 is 1.25 bits per heavy atom. The van der Waals surface area contributed by atoms with Crippen LogP contribution in [0.2, 0.25) is 0 Å². The Kier molecular flexibility index (Phi) is 8.55. The average molecular weight is 447 g/mol. The second-order valence-corrected chi connectivity index (χ2v) is 6.54. The Labute approximate surface area is 173 Å². The number of nitrogens with one attached hydrogen (secondary N) is 1. The molecule has 6 nitrogen and oxygen atoms in total. The number of nitrogens with zero attached hydrogens (tertiary/aromatic N) is 1. The molecule has 0 atom stereocenters. The van der Waals surface area contributed by atoms with Gasteiger partial charge in [-0.3, -0.25) is 4.79 Å². The van der Waals surface area contributed by atoms with Crippen LogP contribution in [0.3, 0.4) is 0 Å². The lowest BCUT2D eigenvalue weighted by Crippen LogP contribution is -2.19. The molecular formula is C21H23BrN2O4. The Balaban J connectivity index is 1.96. The number of halogens is 1. The van der Waals surface area contributed by atoms with Crippen LogP contribution in [0.5, 0.6) is 17.2 Å². The molecule has 2 aromatic rings. The van der Waals surface area contributed by atoms with Crippen LogP contribution in [-0.4, -0.2) is 32.4 Å². The fourth-order valence-electron chi connectivity index (χ4n) is 2.37. The van der Waals surface area contributed by atoms with Crippen molar-refractivity contribution >= 4 is 28.1 Å². The molecule has 2 aromatic carbocycles. The van der Waals surface area contributed by atoms with E-state index in [0.717, 1.165) is 21.3 Å². The first kappa shape index (κ1) is 21.5. The van der Waals surface area contributed by atoms with Gasteiger partial charge in [0.1, 0.15) is 12.4 Å². The van der Waals surface area contributed by atoms with Gasteiger partial charge >= 0.3 is 0 Å². The first-order valence-corrected chi connectivity index (χ1v) is 9.51. The van der Waals surface area contributed by atoms with Crippen molar-refractivity contribution in [2.75, 3.05) is 20.3 Å². The van der Waals surface area contributed by atoms with E-state index in [2.05, 4.69) is 33.0 Å². The minimum Gasteiger partial charge on any atom is -0.494 e. The van der Waals surface area contributed by atoms with Gasteiger partial charge in [0, 0.05) is 0 Å². The van der Waals surface area contributed by atoms with Crippen LogP contribution in [0, 0.1) is 0 Å². The number of ether oxygens (including phenoxy) is 3. The number of hydrazone groups is 1. The maximum atomic E-state index is 12.1. The SMILES string of the molecule is C=CCOc1c(Br)cc(/C=N\NC(=O)Cc2ccc(OCC)cc2)cc1OC. The number of carbonyl (C=O) groups is 1. The number of carbonyl (C=O) groups excluding carboxylic acids is 1. The monoisotopic (exact) mass is 446 g/mol. The summed E-state index contributed by atoms with van der Waals surface area (Å²) in [4.78, 5) is 12.1. The zero-order valence-corrected chi connectivity index (χ0v) is 17.5. The number of hydrogen-bond donors (Lipinski definition) is 1. The van der Waals surface area contributed by atoms with E-state index in [1.54, 1.807) is 25.5 Å². The van der Waals surface area contributed by atoms with Gasteiger partial charge in [-0.25, -0.2) is 5.43 Å². The summed E-state index contributed by atoms with van der Waals surface area (Å²) in [5.74, 6) is 1.71. The first-order chi connectivity index (χ1) is 13.6. The summed E-state index contributed by atoms with van der Waals surface area (Å²) in [6.45, 7) is 6.53. The normalized spacial score (nSPS) is 10.5. The number of rotatable bonds is 10. The summed E-state index contributed by atoms with van der Waals surface area (Å²) >= 11 is 3.45. The fraction of sp³-hybridized carbons (Fsp3) is 0.238. The van der Waals surface area contributed by atoms with E-state index in [9.17, 15) is 4.79 Å². The fourth-order valence-corrected chi connectivity index (χ4v) is 2.94. The Bertz CT molecular complexity index is 835. The van der Waals surface area contributed by atoms with Gasteiger partial charge in [0.25, 0.3) is 0 Å². The molecule has 0 radical (unpaired) electrons. The molecule has 2 rings (SSSR count). The summed E-state index contributed by atoms with van der Waals surface area (Å²) in [6, 6.07) is 11.0. The highest BCUT2D eigenvalue weighted by atomic mass is 79.9. The summed E-state index contributed by atoms with van der Waals surface area (Å²) in [5, 5.41) is 4.01. The highest BCUT2D eigenvalue weighted by Gasteiger charge is 2.11. The molecule has 148 valence electrons. The number of methoxy groups -OCH3 is 1. The first-order valence-electron chi connectivity index (χ1n) is 8.72. The minimum atomic E-state index is -0.211. The van der Waals surface area contributed by atoms with Gasteiger partial charge in [0.05, 0.1) is 30.8 Å². The van der Waals surface area contributed by atoms with Crippen molar-refractivity contribution in [1.82, 2.24) is 5.43 Å². The molecular weight excluding hydrogens is 424 g/mol. The van der Waals surface area contributed by atoms with Gasteiger partial charge in [-0.05, 0) is 58.2 Å². The molecule has 1 N–H and O–H groups in total. The maximum Gasteiger partial charge on any atom is 0.244 e. The molecule has 7 heteroatoms. The lowest BCUT2D eigenvalue weighted by atomic mass is 10.1. The van der Waals surface area contributed by atoms with E-state index in [1.807, 2.05) is 37.3 Å². The maximum absolute atomic E-state index is 12.1. The van der Waals surface area contributed by atoms with Crippen LogP contribution in [0.4, 0.5) is 0 Å². The average Bonchev–Trinajstić information content (AvgIpc) is 2.68. The molecule has 0 aliphatic carbocycles. The van der Waals surface area contributed by atoms with Crippen molar-refractivity contribution in [3.63, 3.8) is 0 Å². The van der Waals surface area contributed by atoms with E-state index >= 15 is 0 Å². The molecule has 0 aliphatic heterocycles. The van der Waals surface area contributed by atoms with Gasteiger partial charge in [-0.15, -0.1) is 0 Å². The summed E-state index contributed by atoms with van der Waals surface area (Å²) in [7, 11) is 1.56. The second kappa shape index (κ2) is 11.1. The third-order valence-electron chi connectivity index (χ3n) is 3.60. The van der Waals surface area contributed by atoms with Crippen LogP contribution >= 0.6 is 15.9 Å². The quantitative estimate of drug-likeness (QED) is 0.338. The van der Waals surface area contributed by atoms with Crippen LogP contribution < -0.4 is 19.6 Å². The Morgan fingerprint density at radius 2 is 2.00 bits per heavy atom. The van der Waals surface area contributed by atoms with E-state index in [1.165, 1.54) is 0 Å².